The van der Waals surface area contributed by atoms with Crippen LogP contribution < -0.4 is 4.90 Å². The van der Waals surface area contributed by atoms with Crippen molar-refractivity contribution in [3.63, 3.8) is 0 Å². The van der Waals surface area contributed by atoms with Gasteiger partial charge in [-0.3, -0.25) is 4.79 Å². The molecule has 0 aromatic carbocycles. The van der Waals surface area contributed by atoms with Gasteiger partial charge in [0.2, 0.25) is 5.91 Å². The zero-order chi connectivity index (χ0) is 12.1. The highest BCUT2D eigenvalue weighted by molar-refractivity contribution is 5.77. The van der Waals surface area contributed by atoms with Crippen LogP contribution in [0.1, 0.15) is 44.9 Å². The van der Waals surface area contributed by atoms with Crippen LogP contribution in [0.15, 0.2) is 0 Å². The molecule has 1 N–H and O–H groups in total. The van der Waals surface area contributed by atoms with Gasteiger partial charge < -0.3 is 9.80 Å². The van der Waals surface area contributed by atoms with E-state index in [4.69, 9.17) is 0 Å². The van der Waals surface area contributed by atoms with Gasteiger partial charge in [0.25, 0.3) is 0 Å². The molecule has 4 saturated heterocycles. The molecule has 3 heteroatoms. The molecular formula is C15H25N2O+. The van der Waals surface area contributed by atoms with E-state index in [1.54, 1.807) is 0 Å². The van der Waals surface area contributed by atoms with E-state index in [2.05, 4.69) is 4.90 Å². The highest BCUT2D eigenvalue weighted by atomic mass is 16.2. The quantitative estimate of drug-likeness (QED) is 0.662. The van der Waals surface area contributed by atoms with Crippen molar-refractivity contribution in [1.29, 1.82) is 0 Å². The summed E-state index contributed by atoms with van der Waals surface area (Å²) in [7, 11) is 0. The number of nitrogens with zero attached hydrogens (tertiary/aromatic N) is 1. The number of nitrogens with one attached hydrogen (secondary N) is 1. The SMILES string of the molecule is O=C1CCC[C@H]2[C@H]3CCC[NH+]4CCC[C@@H](CN12)[C@H]34. The van der Waals surface area contributed by atoms with Crippen molar-refractivity contribution in [3.05, 3.63) is 0 Å². The van der Waals surface area contributed by atoms with E-state index < -0.39 is 0 Å². The van der Waals surface area contributed by atoms with Crippen LogP contribution in [0.2, 0.25) is 0 Å². The van der Waals surface area contributed by atoms with E-state index in [0.29, 0.717) is 11.9 Å². The van der Waals surface area contributed by atoms with Crippen molar-refractivity contribution >= 4 is 5.91 Å². The van der Waals surface area contributed by atoms with E-state index in [-0.39, 0.29) is 0 Å². The minimum absolute atomic E-state index is 0.461. The van der Waals surface area contributed by atoms with Crippen molar-refractivity contribution < 1.29 is 9.69 Å². The molecule has 1 amide bonds. The minimum Gasteiger partial charge on any atom is -0.339 e. The van der Waals surface area contributed by atoms with Crippen LogP contribution in [0, 0.1) is 11.8 Å². The fourth-order valence-corrected chi connectivity index (χ4v) is 5.48. The number of quaternary nitrogens is 1. The first-order chi connectivity index (χ1) is 8.84. The standard InChI is InChI=1S/C15H24N2O/c18-14-7-1-6-13-12-5-3-9-16-8-2-4-11(15(12)16)10-17(13)14/h11-13,15H,1-10H2/p+1/t11-,12+,13-,15+/m0/s1. The summed E-state index contributed by atoms with van der Waals surface area (Å²) in [5, 5.41) is 0. The molecule has 0 aromatic rings. The van der Waals surface area contributed by atoms with Crippen LogP contribution in [0.25, 0.3) is 0 Å². The Labute approximate surface area is 110 Å². The zero-order valence-electron chi connectivity index (χ0n) is 11.2. The van der Waals surface area contributed by atoms with Gasteiger partial charge in [-0.15, -0.1) is 0 Å². The molecule has 5 atom stereocenters. The van der Waals surface area contributed by atoms with Gasteiger partial charge in [-0.1, -0.05) is 0 Å². The Morgan fingerprint density at radius 3 is 2.78 bits per heavy atom. The molecule has 4 aliphatic rings. The lowest BCUT2D eigenvalue weighted by Gasteiger charge is -2.56. The molecule has 18 heavy (non-hydrogen) atoms. The van der Waals surface area contributed by atoms with Gasteiger partial charge in [-0.25, -0.2) is 0 Å². The second-order valence-corrected chi connectivity index (χ2v) is 6.90. The Balaban J connectivity index is 1.66. The van der Waals surface area contributed by atoms with Gasteiger partial charge in [0.15, 0.2) is 0 Å². The van der Waals surface area contributed by atoms with Crippen LogP contribution in [0.5, 0.6) is 0 Å². The lowest BCUT2D eigenvalue weighted by atomic mass is 9.68. The van der Waals surface area contributed by atoms with Crippen molar-refractivity contribution in [3.8, 4) is 0 Å². The number of piperidine rings is 4. The summed E-state index contributed by atoms with van der Waals surface area (Å²) in [4.78, 5) is 16.4. The van der Waals surface area contributed by atoms with Gasteiger partial charge in [0, 0.05) is 30.8 Å². The summed E-state index contributed by atoms with van der Waals surface area (Å²) in [6, 6.07) is 1.51. The largest absolute Gasteiger partial charge is 0.339 e. The molecular weight excluding hydrogens is 224 g/mol. The first kappa shape index (κ1) is 11.3. The highest BCUT2D eigenvalue weighted by Crippen LogP contribution is 2.39. The number of amides is 1. The molecule has 4 aliphatic heterocycles. The minimum atomic E-state index is 0.461. The monoisotopic (exact) mass is 249 g/mol. The first-order valence-corrected chi connectivity index (χ1v) is 7.98. The Hall–Kier alpha value is -0.570. The molecule has 4 rings (SSSR count). The molecule has 0 aliphatic carbocycles. The van der Waals surface area contributed by atoms with E-state index in [9.17, 15) is 4.79 Å². The zero-order valence-corrected chi connectivity index (χ0v) is 11.2. The number of hydrogen-bond donors (Lipinski definition) is 1. The number of rotatable bonds is 0. The normalized spacial score (nSPS) is 47.4. The number of hydrogen-bond acceptors (Lipinski definition) is 1. The lowest BCUT2D eigenvalue weighted by Crippen LogP contribution is -3.20. The molecule has 0 radical (unpaired) electrons. The average molecular weight is 249 g/mol. The number of carbonyl (C=O) groups excluding carboxylic acids is 1. The van der Waals surface area contributed by atoms with Crippen molar-refractivity contribution in [2.45, 2.75) is 57.0 Å². The molecule has 3 nitrogen and oxygen atoms in total. The molecule has 4 fully saturated rings. The summed E-state index contributed by atoms with van der Waals surface area (Å²) in [6.07, 6.45) is 8.78. The van der Waals surface area contributed by atoms with Crippen LogP contribution in [-0.4, -0.2) is 42.5 Å². The predicted octanol–water partition coefficient (Wildman–Crippen LogP) is 0.455. The highest BCUT2D eigenvalue weighted by Gasteiger charge is 2.52. The van der Waals surface area contributed by atoms with Gasteiger partial charge >= 0.3 is 0 Å². The Bertz CT molecular complexity index is 354. The molecule has 0 bridgehead atoms. The first-order valence-electron chi connectivity index (χ1n) is 7.98. The third kappa shape index (κ3) is 1.56. The lowest BCUT2D eigenvalue weighted by molar-refractivity contribution is -0.946. The summed E-state index contributed by atoms with van der Waals surface area (Å²) in [6.45, 7) is 3.89. The third-order valence-electron chi connectivity index (χ3n) is 6.09. The average Bonchev–Trinajstić information content (AvgIpc) is 2.41. The van der Waals surface area contributed by atoms with E-state index in [1.807, 2.05) is 4.90 Å². The van der Waals surface area contributed by atoms with Gasteiger partial charge in [-0.05, 0) is 38.5 Å². The van der Waals surface area contributed by atoms with Crippen LogP contribution in [0.4, 0.5) is 0 Å². The number of carbonyl (C=O) groups is 1. The molecule has 0 aromatic heterocycles. The van der Waals surface area contributed by atoms with Gasteiger partial charge in [-0.2, -0.15) is 0 Å². The van der Waals surface area contributed by atoms with Crippen molar-refractivity contribution in [2.24, 2.45) is 11.8 Å². The summed E-state index contributed by atoms with van der Waals surface area (Å²) in [5.74, 6) is 2.11. The van der Waals surface area contributed by atoms with E-state index >= 15 is 0 Å². The Kier molecular flexibility index (Phi) is 2.65. The number of fused-ring (bicyclic) bond motifs is 2. The maximum atomic E-state index is 12.2. The van der Waals surface area contributed by atoms with Crippen LogP contribution >= 0.6 is 0 Å². The second-order valence-electron chi connectivity index (χ2n) is 6.90. The topological polar surface area (TPSA) is 24.8 Å². The van der Waals surface area contributed by atoms with Crippen molar-refractivity contribution in [2.75, 3.05) is 19.6 Å². The molecule has 1 unspecified atom stereocenters. The van der Waals surface area contributed by atoms with Crippen LogP contribution in [0.3, 0.4) is 0 Å². The van der Waals surface area contributed by atoms with E-state index in [0.717, 1.165) is 37.3 Å². The van der Waals surface area contributed by atoms with Crippen molar-refractivity contribution in [1.82, 2.24) is 4.90 Å². The van der Waals surface area contributed by atoms with Gasteiger partial charge in [0.1, 0.15) is 0 Å². The summed E-state index contributed by atoms with van der Waals surface area (Å²) < 4.78 is 0. The van der Waals surface area contributed by atoms with E-state index in [1.165, 1.54) is 45.2 Å². The molecule has 0 spiro atoms. The fourth-order valence-electron chi connectivity index (χ4n) is 5.48. The predicted molar refractivity (Wildman–Crippen MR) is 69.3 cm³/mol. The molecule has 0 saturated carbocycles. The Morgan fingerprint density at radius 1 is 1.06 bits per heavy atom. The maximum absolute atomic E-state index is 12.2. The molecule has 100 valence electrons. The summed E-state index contributed by atoms with van der Waals surface area (Å²) in [5.41, 5.74) is 0. The summed E-state index contributed by atoms with van der Waals surface area (Å²) >= 11 is 0. The maximum Gasteiger partial charge on any atom is 0.222 e. The van der Waals surface area contributed by atoms with Gasteiger partial charge in [0.05, 0.1) is 19.1 Å². The van der Waals surface area contributed by atoms with Crippen LogP contribution in [-0.2, 0) is 4.79 Å². The smallest absolute Gasteiger partial charge is 0.222 e. The second kappa shape index (κ2) is 4.22. The third-order valence-corrected chi connectivity index (χ3v) is 6.09. The fraction of sp³-hybridized carbons (Fsp3) is 0.933. The molecule has 4 heterocycles. The Morgan fingerprint density at radius 2 is 1.89 bits per heavy atom.